The first kappa shape index (κ1) is 13.9. The van der Waals surface area contributed by atoms with E-state index in [4.69, 9.17) is 27.7 Å². The summed E-state index contributed by atoms with van der Waals surface area (Å²) < 4.78 is 5.34. The highest BCUT2D eigenvalue weighted by molar-refractivity contribution is 6.38. The normalized spacial score (nSPS) is 19.8. The van der Waals surface area contributed by atoms with E-state index >= 15 is 0 Å². The third-order valence-corrected chi connectivity index (χ3v) is 4.12. The van der Waals surface area contributed by atoms with Crippen molar-refractivity contribution in [2.75, 3.05) is 6.54 Å². The van der Waals surface area contributed by atoms with Crippen molar-refractivity contribution in [1.82, 2.24) is 15.5 Å². The number of hydrogen-bond acceptors (Lipinski definition) is 4. The Hall–Kier alpha value is -1.10. The Labute approximate surface area is 127 Å². The molecule has 3 rings (SSSR count). The Balaban J connectivity index is 1.90. The van der Waals surface area contributed by atoms with Crippen molar-refractivity contribution < 1.29 is 4.52 Å². The van der Waals surface area contributed by atoms with Gasteiger partial charge in [0, 0.05) is 0 Å². The van der Waals surface area contributed by atoms with Crippen LogP contribution in [0.25, 0.3) is 11.5 Å². The van der Waals surface area contributed by atoms with Crippen molar-refractivity contribution in [2.45, 2.75) is 31.7 Å². The third-order valence-electron chi connectivity index (χ3n) is 3.49. The van der Waals surface area contributed by atoms with E-state index in [1.54, 1.807) is 18.2 Å². The lowest BCUT2D eigenvalue weighted by atomic mass is 10.1. The van der Waals surface area contributed by atoms with Crippen molar-refractivity contribution in [3.05, 3.63) is 34.1 Å². The Bertz CT molecular complexity index is 572. The van der Waals surface area contributed by atoms with Crippen molar-refractivity contribution >= 4 is 23.2 Å². The summed E-state index contributed by atoms with van der Waals surface area (Å²) in [7, 11) is 0. The Morgan fingerprint density at radius 3 is 2.75 bits per heavy atom. The molecule has 2 aromatic rings. The van der Waals surface area contributed by atoms with Gasteiger partial charge in [-0.2, -0.15) is 4.98 Å². The van der Waals surface area contributed by atoms with Crippen molar-refractivity contribution in [3.8, 4) is 11.5 Å². The van der Waals surface area contributed by atoms with E-state index in [1.807, 2.05) is 0 Å². The van der Waals surface area contributed by atoms with Crippen LogP contribution in [-0.2, 0) is 0 Å². The second-order valence-corrected chi connectivity index (χ2v) is 5.72. The summed E-state index contributed by atoms with van der Waals surface area (Å²) in [6, 6.07) is 5.46. The summed E-state index contributed by atoms with van der Waals surface area (Å²) in [6.07, 6.45) is 4.63. The van der Waals surface area contributed by atoms with Crippen molar-refractivity contribution in [1.29, 1.82) is 0 Å². The summed E-state index contributed by atoms with van der Waals surface area (Å²) in [5.41, 5.74) is 0.600. The molecule has 0 bridgehead atoms. The smallest absolute Gasteiger partial charge is 0.261 e. The van der Waals surface area contributed by atoms with Gasteiger partial charge in [-0.3, -0.25) is 0 Å². The molecule has 6 heteroatoms. The molecule has 0 spiro atoms. The molecule has 1 aliphatic heterocycles. The zero-order valence-electron chi connectivity index (χ0n) is 10.9. The van der Waals surface area contributed by atoms with Crippen LogP contribution >= 0.6 is 23.2 Å². The first-order valence-corrected chi connectivity index (χ1v) is 7.52. The van der Waals surface area contributed by atoms with Crippen LogP contribution in [-0.4, -0.2) is 16.7 Å². The van der Waals surface area contributed by atoms with Gasteiger partial charge in [-0.25, -0.2) is 0 Å². The molecule has 1 fully saturated rings. The van der Waals surface area contributed by atoms with E-state index in [2.05, 4.69) is 15.5 Å². The van der Waals surface area contributed by atoms with Gasteiger partial charge in [-0.05, 0) is 31.5 Å². The lowest BCUT2D eigenvalue weighted by Crippen LogP contribution is -2.21. The summed E-state index contributed by atoms with van der Waals surface area (Å²) in [4.78, 5) is 4.46. The van der Waals surface area contributed by atoms with Gasteiger partial charge in [0.25, 0.3) is 5.89 Å². The molecule has 1 saturated heterocycles. The first-order chi connectivity index (χ1) is 9.75. The van der Waals surface area contributed by atoms with Gasteiger partial charge in [0.1, 0.15) is 0 Å². The topological polar surface area (TPSA) is 51.0 Å². The van der Waals surface area contributed by atoms with Crippen LogP contribution < -0.4 is 5.32 Å². The molecule has 1 unspecified atom stereocenters. The van der Waals surface area contributed by atoms with E-state index in [0.717, 1.165) is 13.0 Å². The SMILES string of the molecule is Clc1cccc(Cl)c1-c1nc(C2CCCCCN2)no1. The average molecular weight is 312 g/mol. The zero-order valence-corrected chi connectivity index (χ0v) is 12.4. The molecule has 0 radical (unpaired) electrons. The maximum Gasteiger partial charge on any atom is 0.261 e. The molecule has 1 aromatic heterocycles. The van der Waals surface area contributed by atoms with Crippen molar-refractivity contribution in [2.24, 2.45) is 0 Å². The number of nitrogens with one attached hydrogen (secondary N) is 1. The lowest BCUT2D eigenvalue weighted by Gasteiger charge is -2.10. The summed E-state index contributed by atoms with van der Waals surface area (Å²) in [6.45, 7) is 0.987. The molecule has 0 aliphatic carbocycles. The van der Waals surface area contributed by atoms with Crippen LogP contribution in [0.1, 0.15) is 37.5 Å². The summed E-state index contributed by atoms with van der Waals surface area (Å²) >= 11 is 12.3. The first-order valence-electron chi connectivity index (χ1n) is 6.77. The predicted molar refractivity (Wildman–Crippen MR) is 79.0 cm³/mol. The fourth-order valence-electron chi connectivity index (χ4n) is 2.43. The molecular weight excluding hydrogens is 297 g/mol. The van der Waals surface area contributed by atoms with Gasteiger partial charge in [0.15, 0.2) is 5.82 Å². The highest BCUT2D eigenvalue weighted by atomic mass is 35.5. The van der Waals surface area contributed by atoms with Gasteiger partial charge in [0.05, 0.1) is 21.7 Å². The van der Waals surface area contributed by atoms with E-state index in [-0.39, 0.29) is 6.04 Å². The highest BCUT2D eigenvalue weighted by Gasteiger charge is 2.21. The second kappa shape index (κ2) is 6.12. The van der Waals surface area contributed by atoms with E-state index in [0.29, 0.717) is 27.3 Å². The van der Waals surface area contributed by atoms with Gasteiger partial charge in [0.2, 0.25) is 0 Å². The summed E-state index contributed by atoms with van der Waals surface area (Å²) in [5, 5.41) is 8.55. The maximum atomic E-state index is 6.16. The minimum Gasteiger partial charge on any atom is -0.334 e. The molecule has 0 saturated carbocycles. The van der Waals surface area contributed by atoms with Gasteiger partial charge >= 0.3 is 0 Å². The number of benzene rings is 1. The maximum absolute atomic E-state index is 6.16. The molecule has 106 valence electrons. The van der Waals surface area contributed by atoms with E-state index in [1.165, 1.54) is 19.3 Å². The predicted octanol–water partition coefficient (Wildman–Crippen LogP) is 4.25. The molecule has 20 heavy (non-hydrogen) atoms. The zero-order chi connectivity index (χ0) is 13.9. The standard InChI is InChI=1S/C14H15Cl2N3O/c15-9-5-4-6-10(16)12(9)14-18-13(19-20-14)11-7-2-1-3-8-17-11/h4-6,11,17H,1-3,7-8H2. The van der Waals surface area contributed by atoms with Crippen LogP contribution in [0.15, 0.2) is 22.7 Å². The fraction of sp³-hybridized carbons (Fsp3) is 0.429. The van der Waals surface area contributed by atoms with Crippen LogP contribution in [0.5, 0.6) is 0 Å². The van der Waals surface area contributed by atoms with Gasteiger partial charge < -0.3 is 9.84 Å². The highest BCUT2D eigenvalue weighted by Crippen LogP contribution is 2.34. The number of nitrogens with zero attached hydrogens (tertiary/aromatic N) is 2. The van der Waals surface area contributed by atoms with Crippen molar-refractivity contribution in [3.63, 3.8) is 0 Å². The van der Waals surface area contributed by atoms with Crippen LogP contribution in [0.2, 0.25) is 10.0 Å². The molecule has 1 aromatic carbocycles. The average Bonchev–Trinajstić information content (AvgIpc) is 2.74. The molecular formula is C14H15Cl2N3O. The number of halogens is 2. The summed E-state index contributed by atoms with van der Waals surface area (Å²) in [5.74, 6) is 1.06. The quantitative estimate of drug-likeness (QED) is 0.901. The Kier molecular flexibility index (Phi) is 4.24. The fourth-order valence-corrected chi connectivity index (χ4v) is 2.99. The molecule has 1 N–H and O–H groups in total. The second-order valence-electron chi connectivity index (χ2n) is 4.91. The number of aromatic nitrogens is 2. The van der Waals surface area contributed by atoms with E-state index in [9.17, 15) is 0 Å². The minimum absolute atomic E-state index is 0.149. The monoisotopic (exact) mass is 311 g/mol. The molecule has 4 nitrogen and oxygen atoms in total. The lowest BCUT2D eigenvalue weighted by molar-refractivity contribution is 0.402. The van der Waals surface area contributed by atoms with E-state index < -0.39 is 0 Å². The Morgan fingerprint density at radius 2 is 1.95 bits per heavy atom. The number of rotatable bonds is 2. The molecule has 0 amide bonds. The molecule has 1 aliphatic rings. The van der Waals surface area contributed by atoms with Crippen LogP contribution in [0.4, 0.5) is 0 Å². The molecule has 2 heterocycles. The minimum atomic E-state index is 0.149. The molecule has 1 atom stereocenters. The van der Waals surface area contributed by atoms with Crippen LogP contribution in [0.3, 0.4) is 0 Å². The van der Waals surface area contributed by atoms with Gasteiger partial charge in [-0.15, -0.1) is 0 Å². The number of hydrogen-bond donors (Lipinski definition) is 1. The largest absolute Gasteiger partial charge is 0.334 e. The van der Waals surface area contributed by atoms with Gasteiger partial charge in [-0.1, -0.05) is 47.3 Å². The Morgan fingerprint density at radius 1 is 1.15 bits per heavy atom. The third kappa shape index (κ3) is 2.82. The van der Waals surface area contributed by atoms with Crippen LogP contribution in [0, 0.1) is 0 Å².